The molecule has 1 aliphatic rings. The van der Waals surface area contributed by atoms with E-state index in [1.165, 1.54) is 37.8 Å². The van der Waals surface area contributed by atoms with Gasteiger partial charge in [-0.3, -0.25) is 0 Å². The maximum absolute atomic E-state index is 12.2. The maximum Gasteiger partial charge on any atom is 0.573 e. The summed E-state index contributed by atoms with van der Waals surface area (Å²) in [5.74, 6) is 0.616. The first kappa shape index (κ1) is 17.6. The topological polar surface area (TPSA) is 21.3 Å². The molecule has 1 fully saturated rings. The number of hydrogen-bond acceptors (Lipinski definition) is 2. The van der Waals surface area contributed by atoms with Crippen molar-refractivity contribution in [2.45, 2.75) is 45.0 Å². The van der Waals surface area contributed by atoms with E-state index in [1.807, 2.05) is 24.3 Å². The minimum absolute atomic E-state index is 0.207. The Kier molecular flexibility index (Phi) is 5.21. The van der Waals surface area contributed by atoms with E-state index in [9.17, 15) is 13.2 Å². The molecule has 0 saturated heterocycles. The zero-order valence-electron chi connectivity index (χ0n) is 14.1. The number of anilines is 1. The molecule has 5 heteroatoms. The summed E-state index contributed by atoms with van der Waals surface area (Å²) in [5.41, 5.74) is 2.90. The summed E-state index contributed by atoms with van der Waals surface area (Å²) >= 11 is 0. The number of halogens is 3. The molecular formula is C20H22F3NO. The van der Waals surface area contributed by atoms with Crippen molar-refractivity contribution in [3.05, 3.63) is 48.5 Å². The van der Waals surface area contributed by atoms with Crippen molar-refractivity contribution in [2.75, 3.05) is 5.32 Å². The third kappa shape index (κ3) is 5.15. The maximum atomic E-state index is 12.2. The van der Waals surface area contributed by atoms with Crippen LogP contribution in [0.25, 0.3) is 11.1 Å². The van der Waals surface area contributed by atoms with E-state index in [1.54, 1.807) is 12.1 Å². The Morgan fingerprint density at radius 3 is 1.88 bits per heavy atom. The van der Waals surface area contributed by atoms with Gasteiger partial charge in [-0.05, 0) is 67.0 Å². The lowest BCUT2D eigenvalue weighted by Crippen LogP contribution is -2.25. The van der Waals surface area contributed by atoms with Crippen molar-refractivity contribution in [1.29, 1.82) is 0 Å². The summed E-state index contributed by atoms with van der Waals surface area (Å²) in [7, 11) is 0. The van der Waals surface area contributed by atoms with Crippen LogP contribution in [0.5, 0.6) is 5.75 Å². The van der Waals surface area contributed by atoms with Gasteiger partial charge in [-0.2, -0.15) is 0 Å². The second-order valence-corrected chi connectivity index (χ2v) is 6.75. The largest absolute Gasteiger partial charge is 0.573 e. The average Bonchev–Trinajstić information content (AvgIpc) is 2.57. The van der Waals surface area contributed by atoms with E-state index in [4.69, 9.17) is 0 Å². The normalized spacial score (nSPS) is 21.0. The summed E-state index contributed by atoms with van der Waals surface area (Å²) in [6.45, 7) is 2.30. The monoisotopic (exact) mass is 349 g/mol. The highest BCUT2D eigenvalue weighted by Gasteiger charge is 2.30. The standard InChI is InChI=1S/C20H22F3NO/c1-14-2-8-17(9-3-14)24-18-10-4-15(5-11-18)16-6-12-19(13-7-16)25-20(21,22)23/h4-7,10-14,17,24H,2-3,8-9H2,1H3/t14-,17+. The lowest BCUT2D eigenvalue weighted by molar-refractivity contribution is -0.274. The molecule has 0 heterocycles. The fourth-order valence-electron chi connectivity index (χ4n) is 3.25. The fourth-order valence-corrected chi connectivity index (χ4v) is 3.25. The molecule has 0 bridgehead atoms. The second kappa shape index (κ2) is 7.38. The lowest BCUT2D eigenvalue weighted by atomic mass is 9.87. The predicted octanol–water partition coefficient (Wildman–Crippen LogP) is 6.24. The van der Waals surface area contributed by atoms with Gasteiger partial charge in [0.1, 0.15) is 5.75 Å². The van der Waals surface area contributed by atoms with E-state index in [2.05, 4.69) is 17.0 Å². The van der Waals surface area contributed by atoms with E-state index in [0.29, 0.717) is 6.04 Å². The SMILES string of the molecule is C[C@H]1CC[C@@H](Nc2ccc(-c3ccc(OC(F)(F)F)cc3)cc2)CC1. The number of benzene rings is 2. The van der Waals surface area contributed by atoms with Gasteiger partial charge in [0.15, 0.2) is 0 Å². The van der Waals surface area contributed by atoms with Gasteiger partial charge in [-0.25, -0.2) is 0 Å². The first-order valence-corrected chi connectivity index (χ1v) is 8.62. The highest BCUT2D eigenvalue weighted by Crippen LogP contribution is 2.29. The molecule has 3 rings (SSSR count). The first-order chi connectivity index (χ1) is 11.9. The molecular weight excluding hydrogens is 327 g/mol. The summed E-state index contributed by atoms with van der Waals surface area (Å²) in [6.07, 6.45) is 0.267. The van der Waals surface area contributed by atoms with Crippen LogP contribution in [-0.4, -0.2) is 12.4 Å². The van der Waals surface area contributed by atoms with Gasteiger partial charge in [0.05, 0.1) is 0 Å². The molecule has 1 aliphatic carbocycles. The van der Waals surface area contributed by atoms with Crippen LogP contribution in [0.3, 0.4) is 0 Å². The zero-order chi connectivity index (χ0) is 17.9. The smallest absolute Gasteiger partial charge is 0.406 e. The first-order valence-electron chi connectivity index (χ1n) is 8.62. The predicted molar refractivity (Wildman–Crippen MR) is 93.6 cm³/mol. The van der Waals surface area contributed by atoms with E-state index in [0.717, 1.165) is 22.7 Å². The van der Waals surface area contributed by atoms with Crippen LogP contribution in [0.4, 0.5) is 18.9 Å². The molecule has 0 unspecified atom stereocenters. The van der Waals surface area contributed by atoms with Crippen molar-refractivity contribution >= 4 is 5.69 Å². The van der Waals surface area contributed by atoms with Crippen LogP contribution in [0.2, 0.25) is 0 Å². The Balaban J connectivity index is 1.62. The number of nitrogens with one attached hydrogen (secondary N) is 1. The highest BCUT2D eigenvalue weighted by atomic mass is 19.4. The Hall–Kier alpha value is -2.17. The van der Waals surface area contributed by atoms with Gasteiger partial charge in [-0.15, -0.1) is 13.2 Å². The van der Waals surface area contributed by atoms with Crippen LogP contribution in [0.1, 0.15) is 32.6 Å². The van der Waals surface area contributed by atoms with E-state index >= 15 is 0 Å². The number of ether oxygens (including phenoxy) is 1. The van der Waals surface area contributed by atoms with E-state index in [-0.39, 0.29) is 5.75 Å². The van der Waals surface area contributed by atoms with E-state index < -0.39 is 6.36 Å². The molecule has 0 atom stereocenters. The summed E-state index contributed by atoms with van der Waals surface area (Å²) in [6, 6.07) is 14.5. The van der Waals surface area contributed by atoms with Gasteiger partial charge in [0.2, 0.25) is 0 Å². The zero-order valence-corrected chi connectivity index (χ0v) is 14.1. The Morgan fingerprint density at radius 1 is 0.840 bits per heavy atom. The van der Waals surface area contributed by atoms with Gasteiger partial charge in [0.25, 0.3) is 0 Å². The van der Waals surface area contributed by atoms with Crippen molar-refractivity contribution < 1.29 is 17.9 Å². The Morgan fingerprint density at radius 2 is 1.36 bits per heavy atom. The van der Waals surface area contributed by atoms with Crippen molar-refractivity contribution in [3.8, 4) is 16.9 Å². The third-order valence-electron chi connectivity index (χ3n) is 4.69. The quantitative estimate of drug-likeness (QED) is 0.705. The number of alkyl halides is 3. The number of rotatable bonds is 4. The molecule has 2 aromatic carbocycles. The summed E-state index contributed by atoms with van der Waals surface area (Å²) in [4.78, 5) is 0. The average molecular weight is 349 g/mol. The molecule has 2 aromatic rings. The minimum atomic E-state index is -4.66. The van der Waals surface area contributed by atoms with Gasteiger partial charge in [-0.1, -0.05) is 31.2 Å². The van der Waals surface area contributed by atoms with Gasteiger partial charge < -0.3 is 10.1 Å². The van der Waals surface area contributed by atoms with Crippen LogP contribution in [-0.2, 0) is 0 Å². The third-order valence-corrected chi connectivity index (χ3v) is 4.69. The van der Waals surface area contributed by atoms with Crippen LogP contribution >= 0.6 is 0 Å². The minimum Gasteiger partial charge on any atom is -0.406 e. The molecule has 1 N–H and O–H groups in total. The molecule has 25 heavy (non-hydrogen) atoms. The van der Waals surface area contributed by atoms with Crippen molar-refractivity contribution in [1.82, 2.24) is 0 Å². The molecule has 0 aliphatic heterocycles. The molecule has 2 nitrogen and oxygen atoms in total. The van der Waals surface area contributed by atoms with Crippen LogP contribution in [0.15, 0.2) is 48.5 Å². The molecule has 134 valence electrons. The molecule has 0 spiro atoms. The molecule has 0 radical (unpaired) electrons. The molecule has 1 saturated carbocycles. The van der Waals surface area contributed by atoms with Crippen LogP contribution in [0, 0.1) is 5.92 Å². The van der Waals surface area contributed by atoms with Gasteiger partial charge in [0, 0.05) is 11.7 Å². The van der Waals surface area contributed by atoms with Crippen molar-refractivity contribution in [3.63, 3.8) is 0 Å². The van der Waals surface area contributed by atoms with Gasteiger partial charge >= 0.3 is 6.36 Å². The second-order valence-electron chi connectivity index (χ2n) is 6.75. The van der Waals surface area contributed by atoms with Crippen LogP contribution < -0.4 is 10.1 Å². The fraction of sp³-hybridized carbons (Fsp3) is 0.400. The lowest BCUT2D eigenvalue weighted by Gasteiger charge is -2.27. The summed E-state index contributed by atoms with van der Waals surface area (Å²) < 4.78 is 40.5. The Labute approximate surface area is 146 Å². The molecule has 0 amide bonds. The molecule has 0 aromatic heterocycles. The summed E-state index contributed by atoms with van der Waals surface area (Å²) in [5, 5.41) is 3.57. The number of hydrogen-bond donors (Lipinski definition) is 1. The highest BCUT2D eigenvalue weighted by molar-refractivity contribution is 5.66. The Bertz CT molecular complexity index is 672. The van der Waals surface area contributed by atoms with Crippen molar-refractivity contribution in [2.24, 2.45) is 5.92 Å².